The Morgan fingerprint density at radius 1 is 1.14 bits per heavy atom. The molecule has 1 fully saturated rings. The van der Waals surface area contributed by atoms with E-state index < -0.39 is 0 Å². The zero-order chi connectivity index (χ0) is 18.4. The van der Waals surface area contributed by atoms with E-state index >= 15 is 0 Å². The number of piperazine rings is 1. The Bertz CT molecular complexity index is 1220. The first-order valence-electron chi connectivity index (χ1n) is 8.78. The molecule has 5 nitrogen and oxygen atoms in total. The fraction of sp³-hybridized carbons (Fsp3) is 0.200. The van der Waals surface area contributed by atoms with Crippen molar-refractivity contribution in [3.63, 3.8) is 0 Å². The number of hydrogen-bond donors (Lipinski definition) is 1. The molecule has 0 spiro atoms. The lowest BCUT2D eigenvalue weighted by Gasteiger charge is -2.29. The predicted molar refractivity (Wildman–Crippen MR) is 118 cm³/mol. The van der Waals surface area contributed by atoms with E-state index in [1.54, 1.807) is 0 Å². The SMILES string of the molecule is Cl.O=c1oc2cc(N3CCNCC3)ccc2cc1-c1nc2cccc(Cl)c2s1. The number of nitrogens with zero attached hydrogens (tertiary/aromatic N) is 2. The van der Waals surface area contributed by atoms with Gasteiger partial charge in [0.15, 0.2) is 0 Å². The summed E-state index contributed by atoms with van der Waals surface area (Å²) in [6.45, 7) is 3.81. The summed E-state index contributed by atoms with van der Waals surface area (Å²) < 4.78 is 6.52. The summed E-state index contributed by atoms with van der Waals surface area (Å²) in [4.78, 5) is 19.5. The van der Waals surface area contributed by atoms with Crippen LogP contribution in [-0.4, -0.2) is 31.2 Å². The lowest BCUT2D eigenvalue weighted by Crippen LogP contribution is -2.43. The lowest BCUT2D eigenvalue weighted by molar-refractivity contribution is 0.561. The molecule has 1 aliphatic heterocycles. The summed E-state index contributed by atoms with van der Waals surface area (Å²) in [6.07, 6.45) is 0. The van der Waals surface area contributed by atoms with E-state index in [2.05, 4.69) is 21.3 Å². The standard InChI is InChI=1S/C20H16ClN3O2S.ClH/c21-15-2-1-3-16-18(15)27-19(23-16)14-10-12-4-5-13(11-17(12)26-20(14)25)24-8-6-22-7-9-24;/h1-5,10-11,22H,6-9H2;1H. The van der Waals surface area contributed by atoms with Gasteiger partial charge in [-0.2, -0.15) is 0 Å². The first-order valence-corrected chi connectivity index (χ1v) is 9.97. The van der Waals surface area contributed by atoms with Gasteiger partial charge in [0.25, 0.3) is 0 Å². The third kappa shape index (κ3) is 3.37. The van der Waals surface area contributed by atoms with E-state index in [0.29, 0.717) is 21.2 Å². The van der Waals surface area contributed by atoms with E-state index in [1.807, 2.05) is 36.4 Å². The van der Waals surface area contributed by atoms with Crippen LogP contribution in [0, 0.1) is 0 Å². The molecular formula is C20H17Cl2N3O2S. The predicted octanol–water partition coefficient (Wildman–Crippen LogP) is 4.55. The molecule has 0 amide bonds. The first-order chi connectivity index (χ1) is 13.2. The normalized spacial score (nSPS) is 14.4. The summed E-state index contributed by atoms with van der Waals surface area (Å²) in [6, 6.07) is 13.5. The molecule has 0 saturated carbocycles. The molecule has 0 unspecified atom stereocenters. The van der Waals surface area contributed by atoms with Crippen molar-refractivity contribution in [2.75, 3.05) is 31.1 Å². The van der Waals surface area contributed by atoms with Gasteiger partial charge in [0.2, 0.25) is 0 Å². The molecule has 1 N–H and O–H groups in total. The van der Waals surface area contributed by atoms with Crippen LogP contribution in [0.5, 0.6) is 0 Å². The molecule has 3 heterocycles. The summed E-state index contributed by atoms with van der Waals surface area (Å²) in [5.74, 6) is 0. The molecule has 2 aromatic carbocycles. The second-order valence-electron chi connectivity index (χ2n) is 6.51. The highest BCUT2D eigenvalue weighted by Gasteiger charge is 2.16. The molecule has 1 aliphatic rings. The third-order valence-electron chi connectivity index (χ3n) is 4.80. The molecule has 0 aliphatic carbocycles. The Kier molecular flexibility index (Phi) is 5.29. The number of hydrogen-bond acceptors (Lipinski definition) is 6. The van der Waals surface area contributed by atoms with Gasteiger partial charge < -0.3 is 14.6 Å². The van der Waals surface area contributed by atoms with Crippen LogP contribution in [0.3, 0.4) is 0 Å². The molecule has 1 saturated heterocycles. The van der Waals surface area contributed by atoms with Crippen LogP contribution in [0.2, 0.25) is 5.02 Å². The van der Waals surface area contributed by atoms with Crippen LogP contribution in [0.4, 0.5) is 5.69 Å². The maximum Gasteiger partial charge on any atom is 0.346 e. The van der Waals surface area contributed by atoms with Crippen LogP contribution in [0.25, 0.3) is 31.8 Å². The van der Waals surface area contributed by atoms with Crippen LogP contribution < -0.4 is 15.8 Å². The van der Waals surface area contributed by atoms with Crippen molar-refractivity contribution >= 4 is 62.2 Å². The van der Waals surface area contributed by atoms with Crippen molar-refractivity contribution in [2.24, 2.45) is 0 Å². The van der Waals surface area contributed by atoms with Crippen molar-refractivity contribution in [3.05, 3.63) is 57.9 Å². The van der Waals surface area contributed by atoms with Crippen molar-refractivity contribution in [1.82, 2.24) is 10.3 Å². The smallest absolute Gasteiger partial charge is 0.346 e. The number of anilines is 1. The Morgan fingerprint density at radius 2 is 1.96 bits per heavy atom. The highest BCUT2D eigenvalue weighted by atomic mass is 35.5. The molecule has 0 radical (unpaired) electrons. The Labute approximate surface area is 176 Å². The van der Waals surface area contributed by atoms with Gasteiger partial charge >= 0.3 is 5.63 Å². The van der Waals surface area contributed by atoms with Crippen LogP contribution >= 0.6 is 35.3 Å². The number of aromatic nitrogens is 1. The molecular weight excluding hydrogens is 417 g/mol. The molecule has 5 rings (SSSR count). The van der Waals surface area contributed by atoms with Gasteiger partial charge in [-0.15, -0.1) is 23.7 Å². The second-order valence-corrected chi connectivity index (χ2v) is 7.92. The maximum atomic E-state index is 12.6. The quantitative estimate of drug-likeness (QED) is 0.469. The largest absolute Gasteiger partial charge is 0.422 e. The summed E-state index contributed by atoms with van der Waals surface area (Å²) in [7, 11) is 0. The van der Waals surface area contributed by atoms with Crippen LogP contribution in [-0.2, 0) is 0 Å². The number of rotatable bonds is 2. The van der Waals surface area contributed by atoms with Crippen molar-refractivity contribution in [1.29, 1.82) is 0 Å². The minimum atomic E-state index is -0.380. The number of benzene rings is 2. The minimum absolute atomic E-state index is 0. The zero-order valence-corrected chi connectivity index (χ0v) is 17.2. The van der Waals surface area contributed by atoms with E-state index in [4.69, 9.17) is 16.0 Å². The number of fused-ring (bicyclic) bond motifs is 2. The third-order valence-corrected chi connectivity index (χ3v) is 6.36. The Balaban J connectivity index is 0.00000192. The molecule has 28 heavy (non-hydrogen) atoms. The molecule has 2 aromatic heterocycles. The van der Waals surface area contributed by atoms with Crippen molar-refractivity contribution in [3.8, 4) is 10.6 Å². The first kappa shape index (κ1) is 19.2. The van der Waals surface area contributed by atoms with Crippen LogP contribution in [0.1, 0.15) is 0 Å². The second kappa shape index (κ2) is 7.72. The van der Waals surface area contributed by atoms with E-state index in [0.717, 1.165) is 47.5 Å². The highest BCUT2D eigenvalue weighted by Crippen LogP contribution is 2.34. The maximum absolute atomic E-state index is 12.6. The molecule has 0 atom stereocenters. The fourth-order valence-corrected chi connectivity index (χ4v) is 4.66. The molecule has 4 aromatic rings. The zero-order valence-electron chi connectivity index (χ0n) is 14.8. The van der Waals surface area contributed by atoms with Gasteiger partial charge in [-0.3, -0.25) is 0 Å². The lowest BCUT2D eigenvalue weighted by atomic mass is 10.1. The Hall–Kier alpha value is -2.12. The van der Waals surface area contributed by atoms with E-state index in [9.17, 15) is 4.79 Å². The van der Waals surface area contributed by atoms with E-state index in [-0.39, 0.29) is 18.0 Å². The van der Waals surface area contributed by atoms with Crippen molar-refractivity contribution in [2.45, 2.75) is 0 Å². The van der Waals surface area contributed by atoms with Gasteiger partial charge in [0.05, 0.1) is 20.8 Å². The topological polar surface area (TPSA) is 58.4 Å². The molecule has 8 heteroatoms. The minimum Gasteiger partial charge on any atom is -0.422 e. The van der Waals surface area contributed by atoms with Gasteiger partial charge in [-0.1, -0.05) is 17.7 Å². The summed E-state index contributed by atoms with van der Waals surface area (Å²) in [5.41, 5.74) is 2.55. The van der Waals surface area contributed by atoms with Crippen molar-refractivity contribution < 1.29 is 4.42 Å². The average Bonchev–Trinajstić information content (AvgIpc) is 3.13. The molecule has 144 valence electrons. The van der Waals surface area contributed by atoms with E-state index in [1.165, 1.54) is 11.3 Å². The monoisotopic (exact) mass is 433 g/mol. The summed E-state index contributed by atoms with van der Waals surface area (Å²) >= 11 is 7.65. The molecule has 0 bridgehead atoms. The average molecular weight is 434 g/mol. The summed E-state index contributed by atoms with van der Waals surface area (Å²) in [5, 5.41) is 5.49. The number of halogens is 2. The van der Waals surface area contributed by atoms with Gasteiger partial charge in [0.1, 0.15) is 10.6 Å². The van der Waals surface area contributed by atoms with Gasteiger partial charge in [0, 0.05) is 43.3 Å². The number of nitrogens with one attached hydrogen (secondary N) is 1. The number of thiazole rings is 1. The Morgan fingerprint density at radius 3 is 2.75 bits per heavy atom. The van der Waals surface area contributed by atoms with Gasteiger partial charge in [-0.25, -0.2) is 9.78 Å². The highest BCUT2D eigenvalue weighted by molar-refractivity contribution is 7.22. The van der Waals surface area contributed by atoms with Crippen LogP contribution in [0.15, 0.2) is 51.7 Å². The fourth-order valence-electron chi connectivity index (χ4n) is 3.40. The van der Waals surface area contributed by atoms with Gasteiger partial charge in [-0.05, 0) is 30.3 Å².